The molecule has 8 heteroatoms. The molecule has 0 saturated carbocycles. The fourth-order valence-electron chi connectivity index (χ4n) is 4.24. The fraction of sp³-hybridized carbons (Fsp3) is 0.192. The summed E-state index contributed by atoms with van der Waals surface area (Å²) < 4.78 is 10.8. The first-order valence-corrected chi connectivity index (χ1v) is 11.7. The Morgan fingerprint density at radius 2 is 1.50 bits per heavy atom. The number of esters is 1. The largest absolute Gasteiger partial charge is 0.495 e. The lowest BCUT2D eigenvalue weighted by Crippen LogP contribution is -2.34. The molecular weight excluding hydrogens is 452 g/mol. The van der Waals surface area contributed by atoms with Crippen molar-refractivity contribution in [3.63, 3.8) is 0 Å². The highest BCUT2D eigenvalue weighted by molar-refractivity contribution is 7.99. The van der Waals surface area contributed by atoms with Gasteiger partial charge in [0.25, 0.3) is 5.91 Å². The van der Waals surface area contributed by atoms with E-state index in [1.54, 1.807) is 28.8 Å². The Hall–Kier alpha value is -3.78. The van der Waals surface area contributed by atoms with Gasteiger partial charge in [0.2, 0.25) is 5.91 Å². The van der Waals surface area contributed by atoms with Crippen LogP contribution in [0.5, 0.6) is 5.75 Å². The van der Waals surface area contributed by atoms with Crippen molar-refractivity contribution in [1.29, 1.82) is 0 Å². The molecule has 1 fully saturated rings. The first kappa shape index (κ1) is 22.0. The van der Waals surface area contributed by atoms with Crippen molar-refractivity contribution >= 4 is 46.6 Å². The van der Waals surface area contributed by atoms with Crippen molar-refractivity contribution in [3.8, 4) is 5.75 Å². The molecule has 0 radical (unpaired) electrons. The van der Waals surface area contributed by atoms with Gasteiger partial charge in [-0.15, -0.1) is 0 Å². The summed E-state index contributed by atoms with van der Waals surface area (Å²) in [6.07, 6.45) is 0.0249. The van der Waals surface area contributed by atoms with Gasteiger partial charge in [-0.05, 0) is 36.4 Å². The molecule has 7 nitrogen and oxygen atoms in total. The van der Waals surface area contributed by atoms with Crippen LogP contribution in [0.15, 0.2) is 82.6 Å². The van der Waals surface area contributed by atoms with Gasteiger partial charge in [-0.2, -0.15) is 0 Å². The zero-order valence-corrected chi connectivity index (χ0v) is 19.3. The number of carbonyl (C=O) groups is 3. The zero-order chi connectivity index (χ0) is 23.7. The molecule has 0 N–H and O–H groups in total. The predicted molar refractivity (Wildman–Crippen MR) is 129 cm³/mol. The maximum atomic E-state index is 13.2. The summed E-state index contributed by atoms with van der Waals surface area (Å²) in [7, 11) is 1.53. The van der Waals surface area contributed by atoms with Crippen LogP contribution in [0.25, 0.3) is 0 Å². The van der Waals surface area contributed by atoms with Gasteiger partial charge in [0, 0.05) is 22.8 Å². The maximum Gasteiger partial charge on any atom is 0.311 e. The van der Waals surface area contributed by atoms with Crippen molar-refractivity contribution in [2.45, 2.75) is 16.2 Å². The third-order valence-electron chi connectivity index (χ3n) is 5.85. The van der Waals surface area contributed by atoms with Gasteiger partial charge in [0.05, 0.1) is 30.1 Å². The van der Waals surface area contributed by atoms with E-state index in [-0.39, 0.29) is 24.8 Å². The number of amides is 2. The van der Waals surface area contributed by atoms with Crippen LogP contribution in [0.4, 0.5) is 17.1 Å². The molecule has 1 unspecified atom stereocenters. The molecule has 1 atom stereocenters. The molecule has 5 rings (SSSR count). The van der Waals surface area contributed by atoms with Gasteiger partial charge in [-0.1, -0.05) is 48.2 Å². The molecule has 3 aromatic carbocycles. The van der Waals surface area contributed by atoms with Crippen LogP contribution in [0.1, 0.15) is 6.42 Å². The Morgan fingerprint density at radius 1 is 0.912 bits per heavy atom. The van der Waals surface area contributed by atoms with E-state index >= 15 is 0 Å². The second-order valence-electron chi connectivity index (χ2n) is 7.95. The van der Waals surface area contributed by atoms with E-state index in [1.807, 2.05) is 60.7 Å². The normalized spacial score (nSPS) is 16.6. The number of benzene rings is 3. The van der Waals surface area contributed by atoms with E-state index in [9.17, 15) is 14.4 Å². The van der Waals surface area contributed by atoms with Gasteiger partial charge in [-0.3, -0.25) is 19.3 Å². The molecule has 0 spiro atoms. The summed E-state index contributed by atoms with van der Waals surface area (Å²) in [5.41, 5.74) is 2.12. The predicted octanol–water partition coefficient (Wildman–Crippen LogP) is 4.42. The summed E-state index contributed by atoms with van der Waals surface area (Å²) in [5.74, 6) is -1.19. The monoisotopic (exact) mass is 474 g/mol. The van der Waals surface area contributed by atoms with Gasteiger partial charge < -0.3 is 14.4 Å². The number of methoxy groups -OCH3 is 1. The minimum Gasteiger partial charge on any atom is -0.495 e. The third-order valence-corrected chi connectivity index (χ3v) is 6.98. The molecule has 34 heavy (non-hydrogen) atoms. The summed E-state index contributed by atoms with van der Waals surface area (Å²) >= 11 is 1.59. The summed E-state index contributed by atoms with van der Waals surface area (Å²) in [6, 6.07) is 22.4. The Kier molecular flexibility index (Phi) is 5.98. The lowest BCUT2D eigenvalue weighted by Gasteiger charge is -2.30. The standard InChI is InChI=1S/C26H22N2O5S/c1-32-21-11-5-2-8-18(21)27-15-17(14-24(27)29)26(31)33-16-25(30)28-19-9-3-6-12-22(19)34-23-13-7-4-10-20(23)28/h2-13,17H,14-16H2,1H3. The van der Waals surface area contributed by atoms with Crippen molar-refractivity contribution in [1.82, 2.24) is 0 Å². The SMILES string of the molecule is COc1ccccc1N1CC(C(=O)OCC(=O)N2c3ccccc3Sc3ccccc32)CC1=O. The summed E-state index contributed by atoms with van der Waals surface area (Å²) in [5, 5.41) is 0. The molecule has 2 amide bonds. The van der Waals surface area contributed by atoms with E-state index < -0.39 is 18.5 Å². The number of rotatable bonds is 5. The Morgan fingerprint density at radius 3 is 2.15 bits per heavy atom. The third kappa shape index (κ3) is 4.01. The highest BCUT2D eigenvalue weighted by Crippen LogP contribution is 2.47. The molecular formula is C26H22N2O5S. The highest BCUT2D eigenvalue weighted by atomic mass is 32.2. The second-order valence-corrected chi connectivity index (χ2v) is 9.04. The fourth-order valence-corrected chi connectivity index (χ4v) is 5.30. The number of hydrogen-bond acceptors (Lipinski definition) is 6. The minimum atomic E-state index is -0.651. The quantitative estimate of drug-likeness (QED) is 0.510. The van der Waals surface area contributed by atoms with E-state index in [4.69, 9.17) is 9.47 Å². The van der Waals surface area contributed by atoms with Crippen molar-refractivity contribution in [2.75, 3.05) is 30.1 Å². The van der Waals surface area contributed by atoms with Crippen LogP contribution in [0, 0.1) is 5.92 Å². The van der Waals surface area contributed by atoms with E-state index in [2.05, 4.69) is 0 Å². The number of carbonyl (C=O) groups excluding carboxylic acids is 3. The van der Waals surface area contributed by atoms with Crippen LogP contribution in [0.3, 0.4) is 0 Å². The second kappa shape index (κ2) is 9.23. The lowest BCUT2D eigenvalue weighted by atomic mass is 10.1. The Labute approximate surface area is 201 Å². The molecule has 0 bridgehead atoms. The van der Waals surface area contributed by atoms with Crippen molar-refractivity contribution in [2.24, 2.45) is 5.92 Å². The van der Waals surface area contributed by atoms with Crippen LogP contribution < -0.4 is 14.5 Å². The van der Waals surface area contributed by atoms with Crippen molar-refractivity contribution < 1.29 is 23.9 Å². The van der Waals surface area contributed by atoms with Gasteiger partial charge in [-0.25, -0.2) is 0 Å². The number of anilines is 3. The van der Waals surface area contributed by atoms with Crippen LogP contribution >= 0.6 is 11.8 Å². The van der Waals surface area contributed by atoms with Crippen LogP contribution in [-0.2, 0) is 19.1 Å². The Balaban J connectivity index is 1.29. The van der Waals surface area contributed by atoms with E-state index in [0.717, 1.165) is 21.2 Å². The van der Waals surface area contributed by atoms with E-state index in [1.165, 1.54) is 12.0 Å². The van der Waals surface area contributed by atoms with Gasteiger partial charge in [0.1, 0.15) is 5.75 Å². The number of nitrogens with zero attached hydrogens (tertiary/aromatic N) is 2. The maximum absolute atomic E-state index is 13.2. The number of ether oxygens (including phenoxy) is 2. The topological polar surface area (TPSA) is 76.2 Å². The lowest BCUT2D eigenvalue weighted by molar-refractivity contribution is -0.151. The first-order valence-electron chi connectivity index (χ1n) is 10.9. The van der Waals surface area contributed by atoms with Crippen molar-refractivity contribution in [3.05, 3.63) is 72.8 Å². The van der Waals surface area contributed by atoms with Gasteiger partial charge >= 0.3 is 5.97 Å². The molecule has 1 saturated heterocycles. The smallest absolute Gasteiger partial charge is 0.311 e. The molecule has 172 valence electrons. The average Bonchev–Trinajstić information content (AvgIpc) is 3.26. The summed E-state index contributed by atoms with van der Waals surface area (Å²) in [6.45, 7) is -0.232. The highest BCUT2D eigenvalue weighted by Gasteiger charge is 2.38. The minimum absolute atomic E-state index is 0.0249. The molecule has 3 aromatic rings. The number of fused-ring (bicyclic) bond motifs is 2. The molecule has 2 heterocycles. The number of para-hydroxylation sites is 4. The molecule has 0 aromatic heterocycles. The van der Waals surface area contributed by atoms with Crippen LogP contribution in [0.2, 0.25) is 0 Å². The first-order chi connectivity index (χ1) is 16.6. The number of hydrogen-bond donors (Lipinski definition) is 0. The van der Waals surface area contributed by atoms with Crippen LogP contribution in [-0.4, -0.2) is 38.0 Å². The molecule has 2 aliphatic heterocycles. The summed E-state index contributed by atoms with van der Waals surface area (Å²) in [4.78, 5) is 43.6. The molecule has 2 aliphatic rings. The van der Waals surface area contributed by atoms with E-state index in [0.29, 0.717) is 11.4 Å². The zero-order valence-electron chi connectivity index (χ0n) is 18.5. The Bertz CT molecular complexity index is 1230. The molecule has 0 aliphatic carbocycles. The van der Waals surface area contributed by atoms with Gasteiger partial charge in [0.15, 0.2) is 6.61 Å². The average molecular weight is 475 g/mol.